The van der Waals surface area contributed by atoms with Crippen LogP contribution in [0.5, 0.6) is 11.5 Å². The van der Waals surface area contributed by atoms with Crippen molar-refractivity contribution in [2.24, 2.45) is 0 Å². The van der Waals surface area contributed by atoms with Gasteiger partial charge in [0.25, 0.3) is 5.91 Å². The second-order valence-electron chi connectivity index (χ2n) is 7.82. The average molecular weight is 477 g/mol. The molecule has 33 heavy (non-hydrogen) atoms. The second-order valence-corrected chi connectivity index (χ2v) is 9.71. The first-order valence-electron chi connectivity index (χ1n) is 10.9. The molecule has 5 rings (SSSR count). The summed E-state index contributed by atoms with van der Waals surface area (Å²) in [7, 11) is 0. The fourth-order valence-corrected chi connectivity index (χ4v) is 5.35. The van der Waals surface area contributed by atoms with Crippen molar-refractivity contribution >= 4 is 44.4 Å². The van der Waals surface area contributed by atoms with Gasteiger partial charge in [-0.2, -0.15) is 0 Å². The Balaban J connectivity index is 1.41. The van der Waals surface area contributed by atoms with Crippen molar-refractivity contribution < 1.29 is 14.3 Å². The number of carbonyl (C=O) groups excluding carboxylic acids is 1. The minimum Gasteiger partial charge on any atom is -0.457 e. The van der Waals surface area contributed by atoms with Gasteiger partial charge in [-0.05, 0) is 73.7 Å². The number of anilines is 1. The lowest BCUT2D eigenvalue weighted by Gasteiger charge is -2.23. The van der Waals surface area contributed by atoms with Gasteiger partial charge in [-0.25, -0.2) is 4.98 Å². The Kier molecular flexibility index (Phi) is 6.62. The SMILES string of the molecule is CSc1ccc2nc(N(CC3CCCO3)C(=O)c3ccc(Oc4ccccc4)cc3)sc2c1. The molecule has 1 atom stereocenters. The summed E-state index contributed by atoms with van der Waals surface area (Å²) in [5.74, 6) is 1.37. The molecule has 7 heteroatoms. The molecule has 168 valence electrons. The van der Waals surface area contributed by atoms with Crippen LogP contribution in [0, 0.1) is 0 Å². The highest BCUT2D eigenvalue weighted by molar-refractivity contribution is 7.98. The Bertz CT molecular complexity index is 1240. The van der Waals surface area contributed by atoms with Crippen molar-refractivity contribution in [3.8, 4) is 11.5 Å². The minimum absolute atomic E-state index is 0.0309. The normalized spacial score (nSPS) is 15.6. The first-order chi connectivity index (χ1) is 16.2. The zero-order chi connectivity index (χ0) is 22.6. The molecule has 1 aliphatic heterocycles. The number of thiazole rings is 1. The van der Waals surface area contributed by atoms with E-state index in [4.69, 9.17) is 14.5 Å². The highest BCUT2D eigenvalue weighted by Gasteiger charge is 2.27. The minimum atomic E-state index is -0.0825. The Morgan fingerprint density at radius 1 is 1.12 bits per heavy atom. The van der Waals surface area contributed by atoms with Gasteiger partial charge in [0, 0.05) is 17.1 Å². The van der Waals surface area contributed by atoms with E-state index < -0.39 is 0 Å². The van der Waals surface area contributed by atoms with Crippen LogP contribution in [0.4, 0.5) is 5.13 Å². The molecule has 0 saturated carbocycles. The van der Waals surface area contributed by atoms with Crippen molar-refractivity contribution in [3.05, 3.63) is 78.4 Å². The maximum absolute atomic E-state index is 13.6. The molecule has 1 aliphatic rings. The molecule has 0 bridgehead atoms. The molecule has 2 heterocycles. The van der Waals surface area contributed by atoms with Crippen molar-refractivity contribution in [1.29, 1.82) is 0 Å². The summed E-state index contributed by atoms with van der Waals surface area (Å²) in [5.41, 5.74) is 1.50. The van der Waals surface area contributed by atoms with Crippen molar-refractivity contribution in [2.75, 3.05) is 24.3 Å². The number of thioether (sulfide) groups is 1. The highest BCUT2D eigenvalue weighted by Crippen LogP contribution is 2.33. The number of hydrogen-bond acceptors (Lipinski definition) is 6. The first-order valence-corrected chi connectivity index (χ1v) is 12.9. The highest BCUT2D eigenvalue weighted by atomic mass is 32.2. The number of ether oxygens (including phenoxy) is 2. The fourth-order valence-electron chi connectivity index (χ4n) is 3.82. The first kappa shape index (κ1) is 21.9. The number of aromatic nitrogens is 1. The Morgan fingerprint density at radius 3 is 2.64 bits per heavy atom. The number of para-hydroxylation sites is 1. The maximum atomic E-state index is 13.6. The summed E-state index contributed by atoms with van der Waals surface area (Å²) < 4.78 is 12.8. The molecular weight excluding hydrogens is 452 g/mol. The monoisotopic (exact) mass is 476 g/mol. The van der Waals surface area contributed by atoms with E-state index in [0.717, 1.165) is 35.4 Å². The third-order valence-corrected chi connectivity index (χ3v) is 7.32. The summed E-state index contributed by atoms with van der Waals surface area (Å²) in [4.78, 5) is 21.3. The van der Waals surface area contributed by atoms with Crippen LogP contribution in [-0.2, 0) is 4.74 Å². The Hall–Kier alpha value is -2.87. The smallest absolute Gasteiger partial charge is 0.260 e. The molecular formula is C26H24N2O3S2. The Morgan fingerprint density at radius 2 is 1.91 bits per heavy atom. The van der Waals surface area contributed by atoms with Crippen LogP contribution in [0.1, 0.15) is 23.2 Å². The number of nitrogens with zero attached hydrogens (tertiary/aromatic N) is 2. The third kappa shape index (κ3) is 5.05. The van der Waals surface area contributed by atoms with E-state index in [1.807, 2.05) is 60.7 Å². The van der Waals surface area contributed by atoms with Crippen LogP contribution in [-0.4, -0.2) is 36.4 Å². The zero-order valence-corrected chi connectivity index (χ0v) is 19.9. The third-order valence-electron chi connectivity index (χ3n) is 5.55. The number of carbonyl (C=O) groups is 1. The van der Waals surface area contributed by atoms with Crippen LogP contribution in [0.15, 0.2) is 77.7 Å². The summed E-state index contributed by atoms with van der Waals surface area (Å²) in [6, 6.07) is 23.1. The van der Waals surface area contributed by atoms with Gasteiger partial charge in [0.2, 0.25) is 0 Å². The van der Waals surface area contributed by atoms with Gasteiger partial charge in [-0.3, -0.25) is 9.69 Å². The Labute approximate surface area is 201 Å². The number of rotatable bonds is 7. The van der Waals surface area contributed by atoms with E-state index in [0.29, 0.717) is 23.0 Å². The van der Waals surface area contributed by atoms with Crippen LogP contribution in [0.25, 0.3) is 10.2 Å². The molecule has 1 saturated heterocycles. The molecule has 0 radical (unpaired) electrons. The lowest BCUT2D eigenvalue weighted by molar-refractivity contribution is 0.0917. The van der Waals surface area contributed by atoms with E-state index in [2.05, 4.69) is 18.4 Å². The van der Waals surface area contributed by atoms with E-state index in [9.17, 15) is 4.79 Å². The average Bonchev–Trinajstić information content (AvgIpc) is 3.52. The fraction of sp³-hybridized carbons (Fsp3) is 0.231. The molecule has 1 amide bonds. The summed E-state index contributed by atoms with van der Waals surface area (Å²) in [6.45, 7) is 1.24. The van der Waals surface area contributed by atoms with Gasteiger partial charge in [-0.15, -0.1) is 11.8 Å². The largest absolute Gasteiger partial charge is 0.457 e. The molecule has 0 N–H and O–H groups in total. The molecule has 5 nitrogen and oxygen atoms in total. The number of fused-ring (bicyclic) bond motifs is 1. The van der Waals surface area contributed by atoms with Crippen LogP contribution in [0.3, 0.4) is 0 Å². The van der Waals surface area contributed by atoms with E-state index in [1.165, 1.54) is 4.90 Å². The quantitative estimate of drug-likeness (QED) is 0.280. The van der Waals surface area contributed by atoms with E-state index >= 15 is 0 Å². The topological polar surface area (TPSA) is 51.7 Å². The summed E-state index contributed by atoms with van der Waals surface area (Å²) in [6.07, 6.45) is 4.06. The van der Waals surface area contributed by atoms with Crippen LogP contribution < -0.4 is 9.64 Å². The summed E-state index contributed by atoms with van der Waals surface area (Å²) in [5, 5.41) is 0.702. The molecule has 1 aromatic heterocycles. The lowest BCUT2D eigenvalue weighted by Crippen LogP contribution is -2.37. The predicted molar refractivity (Wildman–Crippen MR) is 135 cm³/mol. The van der Waals surface area contributed by atoms with E-state index in [1.54, 1.807) is 28.0 Å². The van der Waals surface area contributed by atoms with Crippen LogP contribution in [0.2, 0.25) is 0 Å². The molecule has 3 aromatic carbocycles. The second kappa shape index (κ2) is 9.95. The van der Waals surface area contributed by atoms with Crippen LogP contribution >= 0.6 is 23.1 Å². The number of hydrogen-bond donors (Lipinski definition) is 0. The summed E-state index contributed by atoms with van der Waals surface area (Å²) >= 11 is 3.25. The van der Waals surface area contributed by atoms with Gasteiger partial charge in [0.15, 0.2) is 5.13 Å². The zero-order valence-electron chi connectivity index (χ0n) is 18.3. The number of benzene rings is 3. The van der Waals surface area contributed by atoms with E-state index in [-0.39, 0.29) is 12.0 Å². The van der Waals surface area contributed by atoms with Gasteiger partial charge in [-0.1, -0.05) is 29.5 Å². The van der Waals surface area contributed by atoms with Gasteiger partial charge in [0.1, 0.15) is 11.5 Å². The van der Waals surface area contributed by atoms with Gasteiger partial charge >= 0.3 is 0 Å². The van der Waals surface area contributed by atoms with Crippen molar-refractivity contribution in [3.63, 3.8) is 0 Å². The lowest BCUT2D eigenvalue weighted by atomic mass is 10.1. The maximum Gasteiger partial charge on any atom is 0.260 e. The van der Waals surface area contributed by atoms with Gasteiger partial charge in [0.05, 0.1) is 22.9 Å². The van der Waals surface area contributed by atoms with Crippen molar-refractivity contribution in [2.45, 2.75) is 23.8 Å². The number of amides is 1. The van der Waals surface area contributed by atoms with Gasteiger partial charge < -0.3 is 9.47 Å². The van der Waals surface area contributed by atoms with Crippen molar-refractivity contribution in [1.82, 2.24) is 4.98 Å². The standard InChI is InChI=1S/C26H24N2O3S2/c1-32-22-13-14-23-24(16-22)33-26(27-23)28(17-21-8-5-15-30-21)25(29)18-9-11-20(12-10-18)31-19-6-3-2-4-7-19/h2-4,6-7,9-14,16,21H,5,8,15,17H2,1H3. The predicted octanol–water partition coefficient (Wildman–Crippen LogP) is 6.64. The molecule has 1 unspecified atom stereocenters. The molecule has 1 fully saturated rings. The molecule has 4 aromatic rings. The molecule has 0 spiro atoms. The molecule has 0 aliphatic carbocycles.